The van der Waals surface area contributed by atoms with Crippen molar-refractivity contribution in [1.29, 1.82) is 0 Å². The lowest BCUT2D eigenvalue weighted by Crippen LogP contribution is -2.52. The van der Waals surface area contributed by atoms with Crippen molar-refractivity contribution in [3.8, 4) is 11.5 Å². The highest BCUT2D eigenvalue weighted by molar-refractivity contribution is 9.10. The molecule has 6 nitrogen and oxygen atoms in total. The number of hydrogen-bond donors (Lipinski definition) is 1. The molecule has 2 fully saturated rings. The molecule has 0 bridgehead atoms. The SMILES string of the molecule is COc1ccc(C2C3CCCN3C3(C(=O)Nc4ccccc43)C2C(=O)c2cccc(Br)c2)cc1OC. The van der Waals surface area contributed by atoms with Gasteiger partial charge in [-0.25, -0.2) is 0 Å². The first-order valence-electron chi connectivity index (χ1n) is 12.2. The summed E-state index contributed by atoms with van der Waals surface area (Å²) in [7, 11) is 3.23. The monoisotopic (exact) mass is 546 g/mol. The molecular formula is C29H27BrN2O4. The van der Waals surface area contributed by atoms with Gasteiger partial charge in [0.05, 0.1) is 20.1 Å². The standard InChI is InChI=1S/C29H27BrN2O4/c1-35-23-13-12-17(16-24(23)36-2)25-22-11-6-14-32(22)29(20-9-3-4-10-21(20)31-28(29)34)26(25)27(33)18-7-5-8-19(30)15-18/h3-5,7-10,12-13,15-16,22,25-26H,6,11,14H2,1-2H3,(H,31,34). The van der Waals surface area contributed by atoms with E-state index in [1.807, 2.05) is 66.7 Å². The number of Topliss-reactive ketones (excluding diaryl/α,β-unsaturated/α-hetero) is 1. The fourth-order valence-electron chi connectivity index (χ4n) is 6.77. The van der Waals surface area contributed by atoms with Crippen LogP contribution in [0.25, 0.3) is 0 Å². The van der Waals surface area contributed by atoms with E-state index in [4.69, 9.17) is 9.47 Å². The number of methoxy groups -OCH3 is 2. The van der Waals surface area contributed by atoms with Crippen molar-refractivity contribution in [2.24, 2.45) is 5.92 Å². The Bertz CT molecular complexity index is 1370. The van der Waals surface area contributed by atoms with Gasteiger partial charge in [0.15, 0.2) is 17.3 Å². The van der Waals surface area contributed by atoms with E-state index >= 15 is 0 Å². The maximum atomic E-state index is 14.5. The first kappa shape index (κ1) is 23.3. The van der Waals surface area contributed by atoms with Crippen molar-refractivity contribution >= 4 is 33.3 Å². The van der Waals surface area contributed by atoms with Gasteiger partial charge < -0.3 is 14.8 Å². The predicted molar refractivity (Wildman–Crippen MR) is 141 cm³/mol. The number of nitrogens with one attached hydrogen (secondary N) is 1. The van der Waals surface area contributed by atoms with Crippen LogP contribution in [0.3, 0.4) is 0 Å². The first-order chi connectivity index (χ1) is 17.5. The van der Waals surface area contributed by atoms with E-state index in [0.717, 1.165) is 40.7 Å². The van der Waals surface area contributed by atoms with Crippen LogP contribution in [0.5, 0.6) is 11.5 Å². The Hall–Kier alpha value is -3.16. The van der Waals surface area contributed by atoms with Gasteiger partial charge >= 0.3 is 0 Å². The summed E-state index contributed by atoms with van der Waals surface area (Å²) in [6, 6.07) is 21.2. The highest BCUT2D eigenvalue weighted by atomic mass is 79.9. The van der Waals surface area contributed by atoms with Gasteiger partial charge in [-0.15, -0.1) is 0 Å². The zero-order chi connectivity index (χ0) is 25.0. The fourth-order valence-corrected chi connectivity index (χ4v) is 7.17. The minimum absolute atomic E-state index is 0.0302. The molecule has 36 heavy (non-hydrogen) atoms. The number of hydrogen-bond acceptors (Lipinski definition) is 5. The van der Waals surface area contributed by atoms with Crippen LogP contribution in [0.4, 0.5) is 5.69 Å². The molecule has 6 rings (SSSR count). The van der Waals surface area contributed by atoms with Gasteiger partial charge in [-0.05, 0) is 55.3 Å². The lowest BCUT2D eigenvalue weighted by atomic mass is 9.68. The third-order valence-corrected chi connectivity index (χ3v) is 8.59. The summed E-state index contributed by atoms with van der Waals surface area (Å²) in [5.74, 6) is 0.292. The zero-order valence-electron chi connectivity index (χ0n) is 20.2. The molecule has 2 saturated heterocycles. The molecule has 7 heteroatoms. The van der Waals surface area contributed by atoms with Gasteiger partial charge in [0, 0.05) is 33.2 Å². The summed E-state index contributed by atoms with van der Waals surface area (Å²) in [5, 5.41) is 3.12. The molecule has 0 saturated carbocycles. The lowest BCUT2D eigenvalue weighted by Gasteiger charge is -2.37. The average Bonchev–Trinajstić information content (AvgIpc) is 3.56. The van der Waals surface area contributed by atoms with Gasteiger partial charge in [-0.3, -0.25) is 14.5 Å². The number of anilines is 1. The third-order valence-electron chi connectivity index (χ3n) is 8.09. The molecule has 1 spiro atoms. The molecule has 1 N–H and O–H groups in total. The lowest BCUT2D eigenvalue weighted by molar-refractivity contribution is -0.127. The number of fused-ring (bicyclic) bond motifs is 4. The fraction of sp³-hybridized carbons (Fsp3) is 0.310. The van der Waals surface area contributed by atoms with E-state index in [2.05, 4.69) is 26.1 Å². The highest BCUT2D eigenvalue weighted by Gasteiger charge is 2.69. The molecule has 3 aliphatic heterocycles. The van der Waals surface area contributed by atoms with E-state index < -0.39 is 11.5 Å². The smallest absolute Gasteiger partial charge is 0.250 e. The van der Waals surface area contributed by atoms with Crippen LogP contribution in [0.15, 0.2) is 71.2 Å². The molecule has 0 aliphatic carbocycles. The van der Waals surface area contributed by atoms with Gasteiger partial charge in [0.25, 0.3) is 0 Å². The number of ketones is 1. The van der Waals surface area contributed by atoms with Crippen molar-refractivity contribution in [3.05, 3.63) is 87.9 Å². The van der Waals surface area contributed by atoms with Crippen molar-refractivity contribution in [2.45, 2.75) is 30.3 Å². The van der Waals surface area contributed by atoms with Crippen LogP contribution in [0.2, 0.25) is 0 Å². The second-order valence-electron chi connectivity index (χ2n) is 9.66. The zero-order valence-corrected chi connectivity index (χ0v) is 21.7. The van der Waals surface area contributed by atoms with Crippen LogP contribution in [-0.4, -0.2) is 43.4 Å². The number of benzene rings is 3. The Morgan fingerprint density at radius 1 is 1.03 bits per heavy atom. The minimum Gasteiger partial charge on any atom is -0.493 e. The van der Waals surface area contributed by atoms with Crippen LogP contribution < -0.4 is 14.8 Å². The normalized spacial score (nSPS) is 26.5. The summed E-state index contributed by atoms with van der Waals surface area (Å²) in [6.45, 7) is 0.762. The average molecular weight is 547 g/mol. The van der Waals surface area contributed by atoms with E-state index in [9.17, 15) is 9.59 Å². The predicted octanol–water partition coefficient (Wildman–Crippen LogP) is 5.37. The molecular weight excluding hydrogens is 520 g/mol. The minimum atomic E-state index is -1.07. The second kappa shape index (κ2) is 8.75. The first-order valence-corrected chi connectivity index (χ1v) is 13.0. The third kappa shape index (κ3) is 3.19. The van der Waals surface area contributed by atoms with E-state index in [1.165, 1.54) is 0 Å². The van der Waals surface area contributed by atoms with Crippen LogP contribution in [-0.2, 0) is 10.3 Å². The Morgan fingerprint density at radius 3 is 2.61 bits per heavy atom. The number of carbonyl (C=O) groups excluding carboxylic acids is 2. The maximum Gasteiger partial charge on any atom is 0.250 e. The summed E-state index contributed by atoms with van der Waals surface area (Å²) >= 11 is 3.52. The largest absolute Gasteiger partial charge is 0.493 e. The molecule has 1 amide bonds. The van der Waals surface area contributed by atoms with Crippen LogP contribution in [0.1, 0.15) is 40.2 Å². The van der Waals surface area contributed by atoms with Crippen molar-refractivity contribution in [3.63, 3.8) is 0 Å². The van der Waals surface area contributed by atoms with E-state index in [1.54, 1.807) is 14.2 Å². The molecule has 3 aromatic carbocycles. The van der Waals surface area contributed by atoms with Gasteiger partial charge in [-0.2, -0.15) is 0 Å². The van der Waals surface area contributed by atoms with Gasteiger partial charge in [-0.1, -0.05) is 52.3 Å². The van der Waals surface area contributed by atoms with Crippen molar-refractivity contribution < 1.29 is 19.1 Å². The Morgan fingerprint density at radius 2 is 1.83 bits per heavy atom. The number of carbonyl (C=O) groups is 2. The number of para-hydroxylation sites is 1. The Kier molecular flexibility index (Phi) is 5.65. The van der Waals surface area contributed by atoms with Crippen LogP contribution in [0, 0.1) is 5.92 Å². The van der Waals surface area contributed by atoms with E-state index in [-0.39, 0.29) is 23.7 Å². The van der Waals surface area contributed by atoms with Crippen LogP contribution >= 0.6 is 15.9 Å². The molecule has 0 aromatic heterocycles. The molecule has 3 heterocycles. The van der Waals surface area contributed by atoms with Gasteiger partial charge in [0.2, 0.25) is 5.91 Å². The number of ether oxygens (including phenoxy) is 2. The number of amides is 1. The Labute approximate surface area is 218 Å². The molecule has 184 valence electrons. The van der Waals surface area contributed by atoms with Gasteiger partial charge in [0.1, 0.15) is 5.54 Å². The summed E-state index contributed by atoms with van der Waals surface area (Å²) in [5.41, 5.74) is 2.17. The summed E-state index contributed by atoms with van der Waals surface area (Å²) in [6.07, 6.45) is 1.89. The molecule has 3 aromatic rings. The number of rotatable bonds is 5. The quantitative estimate of drug-likeness (QED) is 0.435. The molecule has 4 unspecified atom stereocenters. The topological polar surface area (TPSA) is 67.9 Å². The highest BCUT2D eigenvalue weighted by Crippen LogP contribution is 2.61. The second-order valence-corrected chi connectivity index (χ2v) is 10.6. The molecule has 3 aliphatic rings. The summed E-state index contributed by atoms with van der Waals surface area (Å²) in [4.78, 5) is 30.9. The number of nitrogens with zero attached hydrogens (tertiary/aromatic N) is 1. The van der Waals surface area contributed by atoms with Crippen molar-refractivity contribution in [1.82, 2.24) is 4.90 Å². The molecule has 4 atom stereocenters. The molecule has 0 radical (unpaired) electrons. The maximum absolute atomic E-state index is 14.5. The summed E-state index contributed by atoms with van der Waals surface area (Å²) < 4.78 is 11.9. The number of halogens is 1. The Balaban J connectivity index is 1.61. The van der Waals surface area contributed by atoms with Crippen molar-refractivity contribution in [2.75, 3.05) is 26.1 Å². The van der Waals surface area contributed by atoms with E-state index in [0.29, 0.717) is 17.1 Å².